The van der Waals surface area contributed by atoms with Gasteiger partial charge in [-0.25, -0.2) is 4.79 Å². The van der Waals surface area contributed by atoms with Crippen LogP contribution in [0.25, 0.3) is 6.08 Å². The zero-order valence-corrected chi connectivity index (χ0v) is 27.4. The molecule has 5 unspecified atom stereocenters. The molecular formula is C33H42O17. The van der Waals surface area contributed by atoms with E-state index in [1.807, 2.05) is 0 Å². The summed E-state index contributed by atoms with van der Waals surface area (Å²) in [5.41, 5.74) is -0.574. The second-order valence-electron chi connectivity index (χ2n) is 12.8. The number of ether oxygens (including phenoxy) is 9. The van der Waals surface area contributed by atoms with E-state index >= 15 is 0 Å². The maximum Gasteiger partial charge on any atom is 0.331 e. The molecule has 0 radical (unpaired) electrons. The summed E-state index contributed by atoms with van der Waals surface area (Å²) in [6.07, 6.45) is -11.6. The number of aliphatic hydroxyl groups is 6. The van der Waals surface area contributed by atoms with E-state index in [9.17, 15) is 40.2 Å². The summed E-state index contributed by atoms with van der Waals surface area (Å²) in [7, 11) is 1.53. The Morgan fingerprint density at radius 2 is 1.60 bits per heavy atom. The van der Waals surface area contributed by atoms with Crippen molar-refractivity contribution >= 4 is 18.0 Å². The molecule has 1 aliphatic carbocycles. The molecule has 0 aromatic heterocycles. The van der Waals surface area contributed by atoms with E-state index in [-0.39, 0.29) is 0 Å². The van der Waals surface area contributed by atoms with Crippen molar-refractivity contribution < 1.29 is 82.9 Å². The Hall–Kier alpha value is -3.20. The van der Waals surface area contributed by atoms with Crippen molar-refractivity contribution in [3.05, 3.63) is 48.2 Å². The van der Waals surface area contributed by atoms with Gasteiger partial charge in [0.1, 0.15) is 48.0 Å². The number of rotatable bonds is 11. The Labute approximate surface area is 286 Å². The molecule has 6 N–H and O–H groups in total. The van der Waals surface area contributed by atoms with E-state index in [1.54, 1.807) is 37.3 Å². The van der Waals surface area contributed by atoms with E-state index in [4.69, 9.17) is 42.6 Å². The van der Waals surface area contributed by atoms with Crippen molar-refractivity contribution in [3.8, 4) is 5.75 Å². The zero-order valence-electron chi connectivity index (χ0n) is 27.4. The number of esters is 2. The molecule has 17 nitrogen and oxygen atoms in total. The van der Waals surface area contributed by atoms with Gasteiger partial charge >= 0.3 is 11.9 Å². The molecule has 4 fully saturated rings. The van der Waals surface area contributed by atoms with Gasteiger partial charge in [0.05, 0.1) is 44.7 Å². The van der Waals surface area contributed by atoms with E-state index in [0.717, 1.165) is 6.08 Å². The van der Waals surface area contributed by atoms with Gasteiger partial charge in [-0.1, -0.05) is 12.1 Å². The smallest absolute Gasteiger partial charge is 0.331 e. The fraction of sp³-hybridized carbons (Fsp3) is 0.636. The van der Waals surface area contributed by atoms with Crippen molar-refractivity contribution in [2.24, 2.45) is 11.8 Å². The Morgan fingerprint density at radius 1 is 0.880 bits per heavy atom. The fourth-order valence-corrected chi connectivity index (χ4v) is 7.11. The van der Waals surface area contributed by atoms with Crippen LogP contribution in [-0.4, -0.2) is 148 Å². The summed E-state index contributed by atoms with van der Waals surface area (Å²) in [6.45, 7) is 1.57. The van der Waals surface area contributed by atoms with Crippen molar-refractivity contribution in [2.45, 2.75) is 99.4 Å². The molecule has 4 aliphatic heterocycles. The quantitative estimate of drug-likeness (QED) is 0.0835. The van der Waals surface area contributed by atoms with E-state index in [0.29, 0.717) is 11.3 Å². The molecule has 1 aromatic rings. The second-order valence-corrected chi connectivity index (χ2v) is 12.8. The summed E-state index contributed by atoms with van der Waals surface area (Å²) in [5, 5.41) is 62.5. The molecule has 0 bridgehead atoms. The van der Waals surface area contributed by atoms with Gasteiger partial charge < -0.3 is 73.3 Å². The number of methoxy groups -OCH3 is 1. The highest BCUT2D eigenvalue weighted by Gasteiger charge is 2.77. The Morgan fingerprint density at radius 3 is 2.26 bits per heavy atom. The maximum atomic E-state index is 12.9. The molecule has 17 heteroatoms. The molecule has 5 aliphatic rings. The molecule has 1 saturated carbocycles. The van der Waals surface area contributed by atoms with Crippen LogP contribution in [0.2, 0.25) is 0 Å². The number of carbonyl (C=O) groups is 2. The second kappa shape index (κ2) is 14.8. The summed E-state index contributed by atoms with van der Waals surface area (Å²) >= 11 is 0. The average molecular weight is 711 g/mol. The Balaban J connectivity index is 1.18. The predicted octanol–water partition coefficient (Wildman–Crippen LogP) is -1.89. The highest BCUT2D eigenvalue weighted by molar-refractivity contribution is 5.87. The van der Waals surface area contributed by atoms with Gasteiger partial charge in [0.15, 0.2) is 24.8 Å². The van der Waals surface area contributed by atoms with Gasteiger partial charge in [0, 0.05) is 18.9 Å². The van der Waals surface area contributed by atoms with Crippen molar-refractivity contribution in [3.63, 3.8) is 0 Å². The van der Waals surface area contributed by atoms with Gasteiger partial charge in [0.25, 0.3) is 0 Å². The lowest BCUT2D eigenvalue weighted by atomic mass is 9.85. The maximum absolute atomic E-state index is 12.9. The van der Waals surface area contributed by atoms with Gasteiger partial charge in [-0.05, 0) is 36.8 Å². The van der Waals surface area contributed by atoms with Gasteiger partial charge in [-0.2, -0.15) is 0 Å². The molecule has 1 aromatic carbocycles. The van der Waals surface area contributed by atoms with E-state index < -0.39 is 122 Å². The molecule has 50 heavy (non-hydrogen) atoms. The third kappa shape index (κ3) is 6.88. The number of hydrogen-bond donors (Lipinski definition) is 6. The van der Waals surface area contributed by atoms with E-state index in [2.05, 4.69) is 0 Å². The van der Waals surface area contributed by atoms with Crippen LogP contribution in [0.1, 0.15) is 19.4 Å². The summed E-state index contributed by atoms with van der Waals surface area (Å²) in [5.74, 6) is -2.25. The lowest BCUT2D eigenvalue weighted by molar-refractivity contribution is -0.347. The number of fused-ring (bicyclic) bond motifs is 3. The van der Waals surface area contributed by atoms with Crippen LogP contribution in [0.4, 0.5) is 0 Å². The lowest BCUT2D eigenvalue weighted by Crippen LogP contribution is -2.61. The Kier molecular flexibility index (Phi) is 10.8. The monoisotopic (exact) mass is 710 g/mol. The number of carbonyl (C=O) groups excluding carboxylic acids is 2. The minimum Gasteiger partial charge on any atom is -0.497 e. The van der Waals surface area contributed by atoms with Crippen LogP contribution in [0.15, 0.2) is 42.7 Å². The number of benzene rings is 1. The normalized spacial score (nSPS) is 43.4. The lowest BCUT2D eigenvalue weighted by Gasteiger charge is -2.44. The molecule has 4 heterocycles. The summed E-state index contributed by atoms with van der Waals surface area (Å²) in [6, 6.07) is 6.89. The standard InChI is InChI=1S/C33H42O17/c1-14-26(45-15(2)36)28(47-20(37)9-6-16-4-7-17(42-3)8-5-16)25(41)32(44-14)48-27-18-10-11-43-30(21(18)33(13-35)29(27)50-33)49-31-24(40)23(39)22(38)19(12-34)46-31/h4-11,14,18-19,21-32,34-35,38-41H,12-13H2,1-3H3/b9-6+/t14-,18?,19+,21?,22+,23-,24+,25+,26-,27-,28-,29?,30?,31-,32?,33+/m0/s1. The van der Waals surface area contributed by atoms with Gasteiger partial charge in [0.2, 0.25) is 6.29 Å². The number of hydrogen-bond acceptors (Lipinski definition) is 17. The predicted molar refractivity (Wildman–Crippen MR) is 163 cm³/mol. The first-order valence-corrected chi connectivity index (χ1v) is 16.2. The van der Waals surface area contributed by atoms with Crippen molar-refractivity contribution in [2.75, 3.05) is 20.3 Å². The zero-order chi connectivity index (χ0) is 35.9. The largest absolute Gasteiger partial charge is 0.497 e. The first kappa shape index (κ1) is 36.6. The topological polar surface area (TPSA) is 242 Å². The Bertz CT molecular complexity index is 1420. The van der Waals surface area contributed by atoms with Crippen LogP contribution < -0.4 is 4.74 Å². The number of aliphatic hydroxyl groups excluding tert-OH is 6. The fourth-order valence-electron chi connectivity index (χ4n) is 7.11. The molecular weight excluding hydrogens is 668 g/mol. The van der Waals surface area contributed by atoms with Crippen LogP contribution in [0.5, 0.6) is 5.75 Å². The highest BCUT2D eigenvalue weighted by Crippen LogP contribution is 2.61. The first-order valence-electron chi connectivity index (χ1n) is 16.2. The minimum absolute atomic E-state index is 0.496. The van der Waals surface area contributed by atoms with Crippen LogP contribution in [0, 0.1) is 11.8 Å². The first-order chi connectivity index (χ1) is 23.9. The third-order valence-electron chi connectivity index (χ3n) is 9.72. The molecule has 6 rings (SSSR count). The number of epoxide rings is 1. The molecule has 16 atom stereocenters. The molecule has 0 spiro atoms. The van der Waals surface area contributed by atoms with Crippen LogP contribution in [-0.2, 0) is 47.5 Å². The van der Waals surface area contributed by atoms with Gasteiger partial charge in [-0.3, -0.25) is 4.79 Å². The van der Waals surface area contributed by atoms with Crippen molar-refractivity contribution in [1.29, 1.82) is 0 Å². The summed E-state index contributed by atoms with van der Waals surface area (Å²) < 4.78 is 51.5. The highest BCUT2D eigenvalue weighted by atomic mass is 16.8. The minimum atomic E-state index is -1.71. The van der Waals surface area contributed by atoms with E-state index in [1.165, 1.54) is 26.4 Å². The third-order valence-corrected chi connectivity index (χ3v) is 9.72. The molecule has 0 amide bonds. The van der Waals surface area contributed by atoms with Crippen LogP contribution >= 0.6 is 0 Å². The molecule has 3 saturated heterocycles. The average Bonchev–Trinajstić information content (AvgIpc) is 3.78. The van der Waals surface area contributed by atoms with Crippen LogP contribution in [0.3, 0.4) is 0 Å². The van der Waals surface area contributed by atoms with Crippen molar-refractivity contribution in [1.82, 2.24) is 0 Å². The SMILES string of the molecule is COc1ccc(/C=C/C(=O)O[C@@H]2[C@@H](OC(C)=O)[C@H](C)OC(O[C@H]3C4C=COC(O[C@@H]5O[C@H](CO)[C@@H](O)[C@H](O)[C@H]5O)C4[C@@]4(CO)OC34)[C@@H]2O)cc1. The molecule has 276 valence electrons. The summed E-state index contributed by atoms with van der Waals surface area (Å²) in [4.78, 5) is 24.9. The van der Waals surface area contributed by atoms with Gasteiger partial charge in [-0.15, -0.1) is 0 Å².